The summed E-state index contributed by atoms with van der Waals surface area (Å²) in [5.74, 6) is 0.278. The second-order valence-corrected chi connectivity index (χ2v) is 8.68. The van der Waals surface area contributed by atoms with E-state index in [4.69, 9.17) is 0 Å². The molecule has 5 nitrogen and oxygen atoms in total. The lowest BCUT2D eigenvalue weighted by atomic mass is 9.84. The molecule has 4 N–H and O–H groups in total. The van der Waals surface area contributed by atoms with Crippen molar-refractivity contribution in [2.45, 2.75) is 45.3 Å². The van der Waals surface area contributed by atoms with Crippen molar-refractivity contribution < 1.29 is 4.39 Å². The van der Waals surface area contributed by atoms with Gasteiger partial charge in [-0.05, 0) is 36.6 Å². The maximum Gasteiger partial charge on any atom is 0.123 e. The lowest BCUT2D eigenvalue weighted by Gasteiger charge is -2.27. The summed E-state index contributed by atoms with van der Waals surface area (Å²) in [6, 6.07) is 8.04. The van der Waals surface area contributed by atoms with Gasteiger partial charge in [0.05, 0.1) is 6.04 Å². The van der Waals surface area contributed by atoms with E-state index < -0.39 is 0 Å². The summed E-state index contributed by atoms with van der Waals surface area (Å²) in [6.07, 6.45) is 1.15. The van der Waals surface area contributed by atoms with Crippen molar-refractivity contribution >= 4 is 0 Å². The molecule has 0 radical (unpaired) electrons. The van der Waals surface area contributed by atoms with Gasteiger partial charge in [-0.1, -0.05) is 32.9 Å². The number of halogens is 1. The Morgan fingerprint density at radius 1 is 1.08 bits per heavy atom. The summed E-state index contributed by atoms with van der Waals surface area (Å²) in [6.45, 7) is 9.78. The minimum atomic E-state index is -0.184. The number of likely N-dealkylation sites (N-methyl/N-ethyl adjacent to an activating group) is 1. The van der Waals surface area contributed by atoms with Crippen LogP contribution >= 0.6 is 0 Å². The van der Waals surface area contributed by atoms with E-state index in [0.717, 1.165) is 31.6 Å². The zero-order valence-electron chi connectivity index (χ0n) is 15.8. The average Bonchev–Trinajstić information content (AvgIpc) is 3.17. The molecule has 2 aliphatic heterocycles. The normalized spacial score (nSPS) is 30.3. The molecule has 2 fully saturated rings. The Morgan fingerprint density at radius 3 is 2.44 bits per heavy atom. The van der Waals surface area contributed by atoms with Gasteiger partial charge >= 0.3 is 0 Å². The van der Waals surface area contributed by atoms with Crippen molar-refractivity contribution in [3.8, 4) is 0 Å². The lowest BCUT2D eigenvalue weighted by Crippen LogP contribution is -2.42. The molecule has 4 atom stereocenters. The first kappa shape index (κ1) is 18.7. The zero-order valence-corrected chi connectivity index (χ0v) is 15.8. The molecule has 1 aromatic carbocycles. The SMILES string of the molecule is CN(CC1CC(C(C)(C)C)NN1)CC1CNNC1c1ccc(F)cc1. The fourth-order valence-electron chi connectivity index (χ4n) is 3.89. The van der Waals surface area contributed by atoms with Crippen LogP contribution < -0.4 is 21.7 Å². The highest BCUT2D eigenvalue weighted by Gasteiger charge is 2.34. The van der Waals surface area contributed by atoms with Crippen LogP contribution in [0, 0.1) is 17.2 Å². The second kappa shape index (κ2) is 7.68. The highest BCUT2D eigenvalue weighted by atomic mass is 19.1. The molecule has 25 heavy (non-hydrogen) atoms. The fraction of sp³-hybridized carbons (Fsp3) is 0.684. The van der Waals surface area contributed by atoms with Crippen LogP contribution in [-0.2, 0) is 0 Å². The highest BCUT2D eigenvalue weighted by molar-refractivity contribution is 5.21. The van der Waals surface area contributed by atoms with Crippen LogP contribution in [0.5, 0.6) is 0 Å². The third-order valence-corrected chi connectivity index (χ3v) is 5.43. The summed E-state index contributed by atoms with van der Waals surface area (Å²) in [7, 11) is 2.19. The number of nitrogens with one attached hydrogen (secondary N) is 4. The minimum absolute atomic E-state index is 0.184. The van der Waals surface area contributed by atoms with E-state index in [0.29, 0.717) is 18.0 Å². The van der Waals surface area contributed by atoms with E-state index in [1.54, 1.807) is 0 Å². The van der Waals surface area contributed by atoms with Gasteiger partial charge in [-0.15, -0.1) is 0 Å². The second-order valence-electron chi connectivity index (χ2n) is 8.68. The van der Waals surface area contributed by atoms with E-state index >= 15 is 0 Å². The molecule has 1 aromatic rings. The molecule has 0 aromatic heterocycles. The maximum absolute atomic E-state index is 13.2. The van der Waals surface area contributed by atoms with E-state index in [2.05, 4.69) is 54.4 Å². The Kier molecular flexibility index (Phi) is 5.75. The Hall–Kier alpha value is -1.05. The monoisotopic (exact) mass is 349 g/mol. The summed E-state index contributed by atoms with van der Waals surface area (Å²) in [5.41, 5.74) is 14.9. The van der Waals surface area contributed by atoms with Gasteiger partial charge in [0.1, 0.15) is 5.82 Å². The van der Waals surface area contributed by atoms with Gasteiger partial charge in [-0.3, -0.25) is 16.3 Å². The Morgan fingerprint density at radius 2 is 1.80 bits per heavy atom. The topological polar surface area (TPSA) is 51.4 Å². The first-order valence-electron chi connectivity index (χ1n) is 9.26. The van der Waals surface area contributed by atoms with Crippen LogP contribution in [0.15, 0.2) is 24.3 Å². The highest BCUT2D eigenvalue weighted by Crippen LogP contribution is 2.27. The van der Waals surface area contributed by atoms with Gasteiger partial charge < -0.3 is 4.90 Å². The van der Waals surface area contributed by atoms with E-state index in [9.17, 15) is 4.39 Å². The van der Waals surface area contributed by atoms with Gasteiger partial charge in [0.15, 0.2) is 0 Å². The number of hydrazine groups is 2. The molecule has 4 unspecified atom stereocenters. The van der Waals surface area contributed by atoms with Crippen molar-refractivity contribution in [3.05, 3.63) is 35.6 Å². The first-order valence-corrected chi connectivity index (χ1v) is 9.26. The van der Waals surface area contributed by atoms with Crippen molar-refractivity contribution in [1.82, 2.24) is 26.6 Å². The molecule has 2 heterocycles. The van der Waals surface area contributed by atoms with Gasteiger partial charge in [-0.2, -0.15) is 0 Å². The van der Waals surface area contributed by atoms with Gasteiger partial charge in [0.2, 0.25) is 0 Å². The first-order chi connectivity index (χ1) is 11.8. The van der Waals surface area contributed by atoms with Crippen molar-refractivity contribution in [2.75, 3.05) is 26.7 Å². The van der Waals surface area contributed by atoms with E-state index in [1.807, 2.05) is 12.1 Å². The average molecular weight is 349 g/mol. The molecular formula is C19H32FN5. The van der Waals surface area contributed by atoms with Crippen molar-refractivity contribution in [2.24, 2.45) is 11.3 Å². The van der Waals surface area contributed by atoms with Crippen molar-refractivity contribution in [3.63, 3.8) is 0 Å². The predicted octanol–water partition coefficient (Wildman–Crippen LogP) is 1.80. The fourth-order valence-corrected chi connectivity index (χ4v) is 3.89. The Labute approximate surface area is 150 Å². The molecule has 6 heteroatoms. The van der Waals surface area contributed by atoms with Crippen LogP contribution in [0.3, 0.4) is 0 Å². The zero-order chi connectivity index (χ0) is 18.0. The van der Waals surface area contributed by atoms with E-state index in [1.165, 1.54) is 12.1 Å². The minimum Gasteiger partial charge on any atom is -0.304 e. The third kappa shape index (κ3) is 4.77. The lowest BCUT2D eigenvalue weighted by molar-refractivity contribution is 0.245. The molecular weight excluding hydrogens is 317 g/mol. The summed E-state index contributed by atoms with van der Waals surface area (Å²) in [4.78, 5) is 2.40. The quantitative estimate of drug-likeness (QED) is 0.653. The summed E-state index contributed by atoms with van der Waals surface area (Å²) >= 11 is 0. The largest absolute Gasteiger partial charge is 0.304 e. The molecule has 0 saturated carbocycles. The summed E-state index contributed by atoms with van der Waals surface area (Å²) in [5, 5.41) is 0. The number of rotatable bonds is 5. The molecule has 0 amide bonds. The molecule has 140 valence electrons. The Bertz CT molecular complexity index is 556. The molecule has 3 rings (SSSR count). The third-order valence-electron chi connectivity index (χ3n) is 5.43. The number of benzene rings is 1. The molecule has 0 bridgehead atoms. The Balaban J connectivity index is 1.52. The summed E-state index contributed by atoms with van der Waals surface area (Å²) < 4.78 is 13.2. The number of hydrogen-bond acceptors (Lipinski definition) is 5. The van der Waals surface area contributed by atoms with Crippen LogP contribution in [0.25, 0.3) is 0 Å². The predicted molar refractivity (Wildman–Crippen MR) is 99.2 cm³/mol. The van der Waals surface area contributed by atoms with Crippen LogP contribution in [-0.4, -0.2) is 43.7 Å². The number of nitrogens with zero attached hydrogens (tertiary/aromatic N) is 1. The van der Waals surface area contributed by atoms with Gasteiger partial charge in [0.25, 0.3) is 0 Å². The van der Waals surface area contributed by atoms with Gasteiger partial charge in [0, 0.05) is 37.6 Å². The smallest absolute Gasteiger partial charge is 0.123 e. The van der Waals surface area contributed by atoms with Crippen LogP contribution in [0.4, 0.5) is 4.39 Å². The van der Waals surface area contributed by atoms with Crippen LogP contribution in [0.1, 0.15) is 38.8 Å². The van der Waals surface area contributed by atoms with Gasteiger partial charge in [-0.25, -0.2) is 9.82 Å². The molecule has 0 spiro atoms. The standard InChI is InChI=1S/C19H32FN5/c1-19(2,3)17-9-16(22-23-17)12-25(4)11-14-10-21-24-18(14)13-5-7-15(20)8-6-13/h5-8,14,16-18,21-24H,9-12H2,1-4H3. The molecule has 0 aliphatic carbocycles. The number of hydrogen-bond donors (Lipinski definition) is 4. The molecule has 2 saturated heterocycles. The van der Waals surface area contributed by atoms with E-state index in [-0.39, 0.29) is 17.3 Å². The van der Waals surface area contributed by atoms with Crippen molar-refractivity contribution in [1.29, 1.82) is 0 Å². The molecule has 2 aliphatic rings. The van der Waals surface area contributed by atoms with Crippen LogP contribution in [0.2, 0.25) is 0 Å². The maximum atomic E-state index is 13.2.